The molecule has 16 nitrogen and oxygen atoms in total. The SMILES string of the molecule is C=CC(=O)N1CC[C@H](C(=O)N(C)[C@H](C(=O)N[C@H]2Cc3cc(O)cc(c3)-c3ccc4c(CC)c(-c5cc(CN(C)C)cnc5OC)n(c4c3)CC(C)(C)COC(=O)[C@@H]3CCCN(N3)C2=O)C(C)C)C1. The normalized spacial score (nSPS) is 20.2. The molecule has 2 saturated heterocycles. The first-order chi connectivity index (χ1) is 32.3. The Labute approximate surface area is 399 Å². The lowest BCUT2D eigenvalue weighted by molar-refractivity contribution is -0.155. The van der Waals surface area contributed by atoms with Gasteiger partial charge in [-0.3, -0.25) is 29.0 Å². The molecule has 68 heavy (non-hydrogen) atoms. The first-order valence-corrected chi connectivity index (χ1v) is 23.7. The van der Waals surface area contributed by atoms with E-state index in [1.807, 2.05) is 46.3 Å². The molecule has 2 aromatic heterocycles. The van der Waals surface area contributed by atoms with Crippen LogP contribution in [-0.2, 0) is 54.6 Å². The summed E-state index contributed by atoms with van der Waals surface area (Å²) in [6, 6.07) is 10.6. The number of hydrazine groups is 1. The number of pyridine rings is 1. The number of aromatic nitrogens is 2. The van der Waals surface area contributed by atoms with Gasteiger partial charge in [0.25, 0.3) is 5.91 Å². The lowest BCUT2D eigenvalue weighted by Crippen LogP contribution is -2.62. The van der Waals surface area contributed by atoms with Gasteiger partial charge in [-0.25, -0.2) is 10.4 Å². The highest BCUT2D eigenvalue weighted by molar-refractivity contribution is 5.96. The smallest absolute Gasteiger partial charge is 0.324 e. The first-order valence-electron chi connectivity index (χ1n) is 23.7. The molecule has 4 amide bonds. The molecular weight excluding hydrogens is 865 g/mol. The van der Waals surface area contributed by atoms with Gasteiger partial charge in [0.05, 0.1) is 30.9 Å². The second kappa shape index (κ2) is 20.5. The number of cyclic esters (lactones) is 1. The summed E-state index contributed by atoms with van der Waals surface area (Å²) in [4.78, 5) is 79.4. The third-order valence-corrected chi connectivity index (χ3v) is 13.4. The van der Waals surface area contributed by atoms with Gasteiger partial charge in [0.2, 0.25) is 23.6 Å². The van der Waals surface area contributed by atoms with Crippen LogP contribution in [0.25, 0.3) is 33.3 Å². The second-order valence-corrected chi connectivity index (χ2v) is 20.0. The maximum atomic E-state index is 14.7. The molecular formula is C52H68N8O8. The summed E-state index contributed by atoms with van der Waals surface area (Å²) < 4.78 is 14.3. The van der Waals surface area contributed by atoms with Gasteiger partial charge in [-0.05, 0) is 104 Å². The van der Waals surface area contributed by atoms with E-state index in [0.29, 0.717) is 62.3 Å². The maximum absolute atomic E-state index is 14.7. The largest absolute Gasteiger partial charge is 0.508 e. The quantitative estimate of drug-likeness (QED) is 0.131. The Kier molecular flexibility index (Phi) is 15.0. The lowest BCUT2D eigenvalue weighted by Gasteiger charge is -2.37. The van der Waals surface area contributed by atoms with Crippen molar-refractivity contribution >= 4 is 40.5 Å². The highest BCUT2D eigenvalue weighted by Gasteiger charge is 2.40. The molecule has 0 aliphatic carbocycles. The van der Waals surface area contributed by atoms with Crippen molar-refractivity contribution in [2.24, 2.45) is 17.3 Å². The minimum absolute atomic E-state index is 0.0178. The van der Waals surface area contributed by atoms with E-state index in [-0.39, 0.29) is 49.6 Å². The Morgan fingerprint density at radius 1 is 1.07 bits per heavy atom. The highest BCUT2D eigenvalue weighted by Crippen LogP contribution is 2.42. The summed E-state index contributed by atoms with van der Waals surface area (Å²) in [5, 5.41) is 16.8. The molecule has 0 spiro atoms. The molecule has 16 heteroatoms. The zero-order valence-corrected chi connectivity index (χ0v) is 41.1. The van der Waals surface area contributed by atoms with Crippen LogP contribution in [0.3, 0.4) is 0 Å². The van der Waals surface area contributed by atoms with Crippen molar-refractivity contribution in [1.82, 2.24) is 40.0 Å². The Bertz CT molecular complexity index is 2580. The Balaban J connectivity index is 1.32. The third-order valence-electron chi connectivity index (χ3n) is 13.4. The van der Waals surface area contributed by atoms with Gasteiger partial charge >= 0.3 is 5.97 Å². The van der Waals surface area contributed by atoms with E-state index >= 15 is 0 Å². The number of amides is 4. The standard InChI is InChI=1S/C52H68N8O8/c1-11-38-39-16-15-34-25-43(39)59(46(38)40-22-33(27-56(7)8)26-53-48(40)67-10)29-52(5,6)30-68-51(66)41-14-13-18-60(55-41)50(65)42(23-32-20-36(34)24-37(61)21-32)54-47(63)45(31(3)4)57(9)49(64)35-17-19-58(28-35)44(62)12-2/h12,15-16,20-22,24-26,31,35,41-42,45,55,61H,2,11,13-14,17-19,23,27-30H2,1,3-10H3,(H,54,63)/t35-,41-,42-,45-/m0/s1. The fourth-order valence-electron chi connectivity index (χ4n) is 10.1. The van der Waals surface area contributed by atoms with E-state index in [2.05, 4.69) is 65.8 Å². The Morgan fingerprint density at radius 3 is 2.53 bits per heavy atom. The van der Waals surface area contributed by atoms with Gasteiger partial charge in [0.1, 0.15) is 23.9 Å². The van der Waals surface area contributed by atoms with Gasteiger partial charge in [0.15, 0.2) is 0 Å². The number of fused-ring (bicyclic) bond motifs is 6. The molecule has 4 atom stereocenters. The third kappa shape index (κ3) is 10.6. The number of phenols is 1. The number of nitrogens with one attached hydrogen (secondary N) is 2. The van der Waals surface area contributed by atoms with Crippen LogP contribution in [0.4, 0.5) is 0 Å². The summed E-state index contributed by atoms with van der Waals surface area (Å²) in [5.74, 6) is -2.41. The number of hydrogen-bond acceptors (Lipinski definition) is 11. The molecule has 3 aliphatic heterocycles. The van der Waals surface area contributed by atoms with Crippen molar-refractivity contribution in [2.45, 2.75) is 97.9 Å². The number of methoxy groups -OCH3 is 1. The van der Waals surface area contributed by atoms with Crippen LogP contribution in [0.5, 0.6) is 11.6 Å². The zero-order chi connectivity index (χ0) is 49.2. The predicted molar refractivity (Wildman–Crippen MR) is 260 cm³/mol. The molecule has 0 saturated carbocycles. The van der Waals surface area contributed by atoms with Crippen molar-refractivity contribution in [3.63, 3.8) is 0 Å². The van der Waals surface area contributed by atoms with E-state index in [4.69, 9.17) is 14.5 Å². The molecule has 0 radical (unpaired) electrons. The number of nitrogens with zero attached hydrogens (tertiary/aromatic N) is 6. The van der Waals surface area contributed by atoms with Gasteiger partial charge in [-0.2, -0.15) is 0 Å². The number of aromatic hydroxyl groups is 1. The Morgan fingerprint density at radius 2 is 1.84 bits per heavy atom. The molecule has 0 unspecified atom stereocenters. The molecule has 6 bridgehead atoms. The molecule has 2 fully saturated rings. The summed E-state index contributed by atoms with van der Waals surface area (Å²) in [7, 11) is 7.23. The number of phenolic OH excluding ortho intramolecular Hbond substituents is 1. The summed E-state index contributed by atoms with van der Waals surface area (Å²) in [5.41, 5.74) is 9.49. The number of hydrogen-bond donors (Lipinski definition) is 3. The second-order valence-electron chi connectivity index (χ2n) is 20.0. The van der Waals surface area contributed by atoms with Crippen LogP contribution in [0.2, 0.25) is 0 Å². The number of esters is 1. The minimum atomic E-state index is -1.17. The number of rotatable bonds is 11. The maximum Gasteiger partial charge on any atom is 0.324 e. The zero-order valence-electron chi connectivity index (χ0n) is 41.1. The van der Waals surface area contributed by atoms with Crippen molar-refractivity contribution in [2.75, 3.05) is 54.5 Å². The number of likely N-dealkylation sites (tertiary alicyclic amines) is 1. The monoisotopic (exact) mass is 933 g/mol. The molecule has 3 N–H and O–H groups in total. The van der Waals surface area contributed by atoms with E-state index in [1.54, 1.807) is 31.2 Å². The van der Waals surface area contributed by atoms with Crippen molar-refractivity contribution in [1.29, 1.82) is 0 Å². The minimum Gasteiger partial charge on any atom is -0.508 e. The van der Waals surface area contributed by atoms with Crippen molar-refractivity contribution in [3.05, 3.63) is 78.0 Å². The van der Waals surface area contributed by atoms with Crippen LogP contribution in [-0.4, -0.2) is 137 Å². The number of ether oxygens (including phenoxy) is 2. The molecule has 7 rings (SSSR count). The summed E-state index contributed by atoms with van der Waals surface area (Å²) in [6.45, 7) is 15.6. The first kappa shape index (κ1) is 49.6. The van der Waals surface area contributed by atoms with Gasteiger partial charge in [-0.1, -0.05) is 59.4 Å². The van der Waals surface area contributed by atoms with Gasteiger partial charge < -0.3 is 39.2 Å². The Hall–Kier alpha value is -6.26. The molecule has 4 aromatic rings. The van der Waals surface area contributed by atoms with Crippen LogP contribution in [0.15, 0.2) is 61.3 Å². The van der Waals surface area contributed by atoms with E-state index in [0.717, 1.165) is 38.9 Å². The fourth-order valence-corrected chi connectivity index (χ4v) is 10.1. The van der Waals surface area contributed by atoms with E-state index in [9.17, 15) is 29.1 Å². The summed E-state index contributed by atoms with van der Waals surface area (Å²) >= 11 is 0. The molecule has 3 aliphatic rings. The summed E-state index contributed by atoms with van der Waals surface area (Å²) in [6.07, 6.45) is 5.13. The molecule has 5 heterocycles. The topological polar surface area (TPSA) is 179 Å². The van der Waals surface area contributed by atoms with Crippen molar-refractivity contribution in [3.8, 4) is 34.0 Å². The lowest BCUT2D eigenvalue weighted by atomic mass is 9.94. The molecule has 364 valence electrons. The fraction of sp³-hybridized carbons (Fsp3) is 0.500. The van der Waals surface area contributed by atoms with Gasteiger partial charge in [-0.15, -0.1) is 0 Å². The number of benzene rings is 2. The average Bonchev–Trinajstić information content (AvgIpc) is 3.92. The highest BCUT2D eigenvalue weighted by atomic mass is 16.5. The average molecular weight is 933 g/mol. The number of carbonyl (C=O) groups excluding carboxylic acids is 5. The van der Waals surface area contributed by atoms with Crippen LogP contribution < -0.4 is 15.5 Å². The predicted octanol–water partition coefficient (Wildman–Crippen LogP) is 5.33. The van der Waals surface area contributed by atoms with E-state index < -0.39 is 47.2 Å². The van der Waals surface area contributed by atoms with Crippen LogP contribution >= 0.6 is 0 Å². The number of carbonyl (C=O) groups is 5. The van der Waals surface area contributed by atoms with Gasteiger partial charge in [0, 0.05) is 68.7 Å². The van der Waals surface area contributed by atoms with E-state index in [1.165, 1.54) is 16.0 Å². The van der Waals surface area contributed by atoms with Crippen molar-refractivity contribution < 1.29 is 38.6 Å². The number of aryl methyl sites for hydroxylation is 1. The molecule has 2 aromatic carbocycles. The number of likely N-dealkylation sites (N-methyl/N-ethyl adjacent to an activating group) is 1. The van der Waals surface area contributed by atoms with Crippen LogP contribution in [0, 0.1) is 17.3 Å². The van der Waals surface area contributed by atoms with Crippen LogP contribution in [0.1, 0.15) is 70.6 Å².